The summed E-state index contributed by atoms with van der Waals surface area (Å²) in [7, 11) is 0. The number of benzene rings is 2. The molecule has 0 radical (unpaired) electrons. The number of imidazole rings is 1. The van der Waals surface area contributed by atoms with Gasteiger partial charge in [0.25, 0.3) is 5.56 Å². The molecule has 1 saturated heterocycles. The van der Waals surface area contributed by atoms with Gasteiger partial charge in [-0.1, -0.05) is 42.3 Å². The third kappa shape index (κ3) is 6.42. The van der Waals surface area contributed by atoms with E-state index in [1.807, 2.05) is 0 Å². The van der Waals surface area contributed by atoms with Crippen LogP contribution in [0, 0.1) is 12.3 Å². The molecule has 1 fully saturated rings. The number of rotatable bonds is 9. The van der Waals surface area contributed by atoms with Crippen LogP contribution in [-0.4, -0.2) is 67.8 Å². The van der Waals surface area contributed by atoms with Gasteiger partial charge in [-0.25, -0.2) is 19.0 Å². The minimum atomic E-state index is -1.58. The van der Waals surface area contributed by atoms with Gasteiger partial charge in [0, 0.05) is 13.8 Å². The van der Waals surface area contributed by atoms with Crippen LogP contribution in [0.25, 0.3) is 11.2 Å². The molecule has 15 nitrogen and oxygen atoms in total. The van der Waals surface area contributed by atoms with E-state index in [1.165, 1.54) is 31.2 Å². The molecule has 2 aromatic carbocycles. The Morgan fingerprint density at radius 2 is 1.59 bits per heavy atom. The van der Waals surface area contributed by atoms with Gasteiger partial charge in [0.05, 0.1) is 17.7 Å². The molecule has 1 aliphatic heterocycles. The fourth-order valence-electron chi connectivity index (χ4n) is 4.97. The number of esters is 3. The lowest BCUT2D eigenvalue weighted by Gasteiger charge is -2.24. The van der Waals surface area contributed by atoms with E-state index in [4.69, 9.17) is 25.4 Å². The standard InChI is InChI=1S/C31H27N5O10/c1-4-15-35-22-25(33-30(32-17(2)37)34-26(22)39)36(31(35)42)27-24(44-18(3)38)23(46-29(41)20-13-9-6-10-14-20)21(45-27)16-43-28(40)19-11-7-5-8-12-19/h1,5-14,21,23-24,27H,15-16H2,2-3H3,(H2,32,33,34,37,39). The Balaban J connectivity index is 1.62. The first-order chi connectivity index (χ1) is 22.1. The van der Waals surface area contributed by atoms with Crippen molar-refractivity contribution in [1.82, 2.24) is 19.1 Å². The Morgan fingerprint density at radius 3 is 2.17 bits per heavy atom. The summed E-state index contributed by atoms with van der Waals surface area (Å²) in [5.41, 5.74) is -1.87. The first kappa shape index (κ1) is 31.4. The second kappa shape index (κ2) is 13.3. The highest BCUT2D eigenvalue weighted by Crippen LogP contribution is 2.35. The molecule has 3 heterocycles. The van der Waals surface area contributed by atoms with Crippen LogP contribution in [0.15, 0.2) is 70.3 Å². The van der Waals surface area contributed by atoms with Crippen LogP contribution < -0.4 is 16.6 Å². The molecule has 0 saturated carbocycles. The molecular formula is C31H27N5O10. The predicted molar refractivity (Wildman–Crippen MR) is 160 cm³/mol. The Labute approximate surface area is 260 Å². The van der Waals surface area contributed by atoms with E-state index in [9.17, 15) is 28.8 Å². The summed E-state index contributed by atoms with van der Waals surface area (Å²) in [6.07, 6.45) is -0.334. The zero-order chi connectivity index (χ0) is 33.0. The Hall–Kier alpha value is -6.01. The van der Waals surface area contributed by atoms with Crippen LogP contribution in [-0.2, 0) is 35.1 Å². The molecule has 236 valence electrons. The van der Waals surface area contributed by atoms with Gasteiger partial charge < -0.3 is 18.9 Å². The average molecular weight is 630 g/mol. The van der Waals surface area contributed by atoms with E-state index in [0.29, 0.717) is 0 Å². The molecule has 2 N–H and O–H groups in total. The van der Waals surface area contributed by atoms with Gasteiger partial charge in [-0.2, -0.15) is 4.98 Å². The maximum atomic E-state index is 13.8. The molecular weight excluding hydrogens is 602 g/mol. The molecule has 2 aromatic heterocycles. The van der Waals surface area contributed by atoms with Crippen molar-refractivity contribution in [3.05, 3.63) is 92.6 Å². The first-order valence-electron chi connectivity index (χ1n) is 13.9. The minimum absolute atomic E-state index is 0.156. The summed E-state index contributed by atoms with van der Waals surface area (Å²) in [6.45, 7) is 1.42. The number of amides is 1. The lowest BCUT2D eigenvalue weighted by molar-refractivity contribution is -0.156. The summed E-state index contributed by atoms with van der Waals surface area (Å²) in [5.74, 6) is -0.937. The largest absolute Gasteiger partial charge is 0.459 e. The number of anilines is 1. The molecule has 0 aliphatic carbocycles. The van der Waals surface area contributed by atoms with Crippen molar-refractivity contribution in [2.24, 2.45) is 0 Å². The first-order valence-corrected chi connectivity index (χ1v) is 13.9. The van der Waals surface area contributed by atoms with Gasteiger partial charge in [0.1, 0.15) is 12.7 Å². The van der Waals surface area contributed by atoms with Crippen molar-refractivity contribution >= 4 is 40.9 Å². The fourth-order valence-corrected chi connectivity index (χ4v) is 4.97. The number of fused-ring (bicyclic) bond motifs is 1. The number of H-pyrrole nitrogens is 1. The molecule has 0 bridgehead atoms. The lowest BCUT2D eigenvalue weighted by Crippen LogP contribution is -2.42. The number of nitrogens with one attached hydrogen (secondary N) is 2. The van der Waals surface area contributed by atoms with E-state index in [-0.39, 0.29) is 34.8 Å². The quantitative estimate of drug-likeness (QED) is 0.155. The van der Waals surface area contributed by atoms with E-state index >= 15 is 0 Å². The molecule has 15 heteroatoms. The maximum absolute atomic E-state index is 13.8. The van der Waals surface area contributed by atoms with Crippen molar-refractivity contribution in [3.63, 3.8) is 0 Å². The number of aromatic amines is 1. The smallest absolute Gasteiger partial charge is 0.338 e. The SMILES string of the molecule is C#CCn1c(=O)n(C2OC(COC(=O)c3ccccc3)C(OC(=O)c3ccccc3)C2OC(C)=O)c2nc(NC(C)=O)[nH]c(=O)c21. The van der Waals surface area contributed by atoms with Crippen LogP contribution in [0.1, 0.15) is 40.8 Å². The molecule has 4 unspecified atom stereocenters. The number of hydrogen-bond acceptors (Lipinski definition) is 11. The van der Waals surface area contributed by atoms with Crippen LogP contribution in [0.3, 0.4) is 0 Å². The van der Waals surface area contributed by atoms with Gasteiger partial charge in [0.2, 0.25) is 11.9 Å². The number of hydrogen-bond donors (Lipinski definition) is 2. The number of ether oxygens (including phenoxy) is 4. The molecule has 0 spiro atoms. The van der Waals surface area contributed by atoms with Gasteiger partial charge in [-0.15, -0.1) is 6.42 Å². The highest BCUT2D eigenvalue weighted by Gasteiger charge is 2.52. The predicted octanol–water partition coefficient (Wildman–Crippen LogP) is 1.39. The number of nitrogens with zero attached hydrogens (tertiary/aromatic N) is 3. The van der Waals surface area contributed by atoms with Gasteiger partial charge in [-0.3, -0.25) is 29.3 Å². The van der Waals surface area contributed by atoms with Crippen LogP contribution >= 0.6 is 0 Å². The monoisotopic (exact) mass is 629 g/mol. The van der Waals surface area contributed by atoms with E-state index in [2.05, 4.69) is 21.2 Å². The molecule has 4 aromatic rings. The van der Waals surface area contributed by atoms with Crippen LogP contribution in [0.5, 0.6) is 0 Å². The fraction of sp³-hybridized carbons (Fsp3) is 0.258. The van der Waals surface area contributed by atoms with Crippen molar-refractivity contribution in [1.29, 1.82) is 0 Å². The second-order valence-electron chi connectivity index (χ2n) is 10.1. The summed E-state index contributed by atoms with van der Waals surface area (Å²) >= 11 is 0. The number of carbonyl (C=O) groups excluding carboxylic acids is 4. The molecule has 4 atom stereocenters. The summed E-state index contributed by atoms with van der Waals surface area (Å²) in [4.78, 5) is 83.7. The topological polar surface area (TPSA) is 190 Å². The Bertz CT molecular complexity index is 1960. The summed E-state index contributed by atoms with van der Waals surface area (Å²) in [5, 5.41) is 2.35. The molecule has 46 heavy (non-hydrogen) atoms. The van der Waals surface area contributed by atoms with Crippen molar-refractivity contribution in [3.8, 4) is 12.3 Å². The Morgan fingerprint density at radius 1 is 0.957 bits per heavy atom. The zero-order valence-electron chi connectivity index (χ0n) is 24.5. The van der Waals surface area contributed by atoms with Gasteiger partial charge in [0.15, 0.2) is 29.6 Å². The summed E-state index contributed by atoms with van der Waals surface area (Å²) < 4.78 is 24.9. The van der Waals surface area contributed by atoms with E-state index in [1.54, 1.807) is 36.4 Å². The maximum Gasteiger partial charge on any atom is 0.338 e. The highest BCUT2D eigenvalue weighted by atomic mass is 16.7. The highest BCUT2D eigenvalue weighted by molar-refractivity contribution is 5.90. The Kier molecular flexibility index (Phi) is 9.10. The summed E-state index contributed by atoms with van der Waals surface area (Å²) in [6, 6.07) is 16.0. The van der Waals surface area contributed by atoms with Crippen molar-refractivity contribution in [2.45, 2.75) is 44.9 Å². The van der Waals surface area contributed by atoms with Crippen LogP contribution in [0.2, 0.25) is 0 Å². The normalized spacial score (nSPS) is 18.8. The molecule has 1 aliphatic rings. The molecule has 5 rings (SSSR count). The van der Waals surface area contributed by atoms with Gasteiger partial charge >= 0.3 is 23.6 Å². The number of carbonyl (C=O) groups is 4. The zero-order valence-corrected chi connectivity index (χ0v) is 24.5. The number of terminal acetylenes is 1. The van der Waals surface area contributed by atoms with Crippen molar-refractivity contribution < 1.29 is 38.1 Å². The molecule has 1 amide bonds. The van der Waals surface area contributed by atoms with Gasteiger partial charge in [-0.05, 0) is 24.3 Å². The van der Waals surface area contributed by atoms with Crippen molar-refractivity contribution in [2.75, 3.05) is 11.9 Å². The average Bonchev–Trinajstić information content (AvgIpc) is 3.49. The second-order valence-corrected chi connectivity index (χ2v) is 10.1. The van der Waals surface area contributed by atoms with Crippen LogP contribution in [0.4, 0.5) is 5.95 Å². The lowest BCUT2D eigenvalue weighted by atomic mass is 10.1. The van der Waals surface area contributed by atoms with E-state index in [0.717, 1.165) is 16.1 Å². The number of aromatic nitrogens is 4. The third-order valence-electron chi connectivity index (χ3n) is 6.84. The third-order valence-corrected chi connectivity index (χ3v) is 6.84. The van der Waals surface area contributed by atoms with E-state index < -0.39 is 66.2 Å². The minimum Gasteiger partial charge on any atom is -0.459 e.